The summed E-state index contributed by atoms with van der Waals surface area (Å²) in [4.78, 5) is 11.4. The van der Waals surface area contributed by atoms with Crippen LogP contribution < -0.4 is 11.5 Å². The first-order chi connectivity index (χ1) is 12.1. The summed E-state index contributed by atoms with van der Waals surface area (Å²) in [5.41, 5.74) is 15.1. The summed E-state index contributed by atoms with van der Waals surface area (Å²) in [5.74, 6) is 0. The molecule has 0 aliphatic rings. The van der Waals surface area contributed by atoms with Crippen molar-refractivity contribution in [3.05, 3.63) is 100 Å². The van der Waals surface area contributed by atoms with Gasteiger partial charge in [-0.05, 0) is 23.3 Å². The Morgan fingerprint density at radius 1 is 0.760 bits per heavy atom. The Labute approximate surface area is 145 Å². The van der Waals surface area contributed by atoms with Crippen LogP contribution in [0, 0.1) is 10.1 Å². The van der Waals surface area contributed by atoms with Gasteiger partial charge in [0.2, 0.25) is 0 Å². The number of para-hydroxylation sites is 1. The minimum absolute atomic E-state index is 0.0509. The number of nitrogens with two attached hydrogens (primary N) is 2. The van der Waals surface area contributed by atoms with Crippen LogP contribution in [0.1, 0.15) is 11.1 Å². The molecule has 3 rings (SSSR count). The molecule has 0 unspecified atom stereocenters. The monoisotopic (exact) mass is 331 g/mol. The quantitative estimate of drug-likeness (QED) is 0.429. The van der Waals surface area contributed by atoms with Crippen molar-refractivity contribution < 1.29 is 4.92 Å². The molecule has 0 atom stereocenters. The molecule has 0 heterocycles. The zero-order valence-electron chi connectivity index (χ0n) is 13.4. The molecule has 4 N–H and O–H groups in total. The van der Waals surface area contributed by atoms with Gasteiger partial charge in [-0.3, -0.25) is 10.1 Å². The summed E-state index contributed by atoms with van der Waals surface area (Å²) in [6.07, 6.45) is 0. The fourth-order valence-electron chi connectivity index (χ4n) is 2.73. The highest BCUT2D eigenvalue weighted by molar-refractivity contribution is 5.93. The number of nitro groups is 1. The van der Waals surface area contributed by atoms with E-state index in [-0.39, 0.29) is 11.4 Å². The van der Waals surface area contributed by atoms with Crippen LogP contribution in [0.2, 0.25) is 0 Å². The first kappa shape index (κ1) is 16.3. The number of nitro benzene ring substituents is 1. The van der Waals surface area contributed by atoms with Gasteiger partial charge in [0.1, 0.15) is 0 Å². The largest absolute Gasteiger partial charge is 0.397 e. The van der Waals surface area contributed by atoms with Crippen molar-refractivity contribution in [2.45, 2.75) is 0 Å². The number of hydrogen-bond acceptors (Lipinski definition) is 4. The van der Waals surface area contributed by atoms with Crippen LogP contribution in [0.25, 0.3) is 22.5 Å². The van der Waals surface area contributed by atoms with Crippen molar-refractivity contribution in [3.63, 3.8) is 0 Å². The zero-order valence-corrected chi connectivity index (χ0v) is 13.4. The molecule has 5 heteroatoms. The van der Waals surface area contributed by atoms with Crippen molar-refractivity contribution in [2.75, 3.05) is 0 Å². The van der Waals surface area contributed by atoms with Gasteiger partial charge in [0.15, 0.2) is 0 Å². The molecule has 0 spiro atoms. The van der Waals surface area contributed by atoms with Gasteiger partial charge in [0, 0.05) is 0 Å². The van der Waals surface area contributed by atoms with Crippen LogP contribution in [0.3, 0.4) is 0 Å². The van der Waals surface area contributed by atoms with Crippen LogP contribution >= 0.6 is 0 Å². The Kier molecular flexibility index (Phi) is 4.48. The van der Waals surface area contributed by atoms with Crippen molar-refractivity contribution in [1.82, 2.24) is 0 Å². The lowest BCUT2D eigenvalue weighted by atomic mass is 9.97. The smallest absolute Gasteiger partial charge is 0.286 e. The summed E-state index contributed by atoms with van der Waals surface area (Å²) in [6.45, 7) is 0. The van der Waals surface area contributed by atoms with Gasteiger partial charge in [-0.15, -0.1) is 0 Å². The maximum Gasteiger partial charge on any atom is 0.286 e. The van der Waals surface area contributed by atoms with E-state index in [1.807, 2.05) is 60.7 Å². The normalized spacial score (nSPS) is 11.7. The molecule has 0 radical (unpaired) electrons. The van der Waals surface area contributed by atoms with E-state index in [1.54, 1.807) is 18.2 Å². The Balaban J connectivity index is 2.22. The van der Waals surface area contributed by atoms with Crippen LogP contribution in [0.4, 0.5) is 5.69 Å². The van der Waals surface area contributed by atoms with Gasteiger partial charge in [-0.1, -0.05) is 66.7 Å². The highest BCUT2D eigenvalue weighted by atomic mass is 16.6. The molecule has 0 aliphatic carbocycles. The average molecular weight is 331 g/mol. The maximum atomic E-state index is 11.8. The first-order valence-electron chi connectivity index (χ1n) is 7.73. The molecule has 5 nitrogen and oxygen atoms in total. The molecule has 0 saturated carbocycles. The second-order valence-corrected chi connectivity index (χ2v) is 5.52. The van der Waals surface area contributed by atoms with E-state index in [2.05, 4.69) is 0 Å². The van der Waals surface area contributed by atoms with Crippen molar-refractivity contribution in [3.8, 4) is 11.1 Å². The maximum absolute atomic E-state index is 11.8. The molecule has 0 fully saturated rings. The van der Waals surface area contributed by atoms with E-state index >= 15 is 0 Å². The van der Waals surface area contributed by atoms with E-state index in [0.717, 1.165) is 11.1 Å². The Morgan fingerprint density at radius 2 is 1.36 bits per heavy atom. The first-order valence-corrected chi connectivity index (χ1v) is 7.73. The molecule has 3 aromatic rings. The van der Waals surface area contributed by atoms with E-state index in [4.69, 9.17) is 11.5 Å². The van der Waals surface area contributed by atoms with Gasteiger partial charge >= 0.3 is 0 Å². The molecule has 3 aromatic carbocycles. The fourth-order valence-corrected chi connectivity index (χ4v) is 2.73. The molecule has 0 bridgehead atoms. The molecule has 25 heavy (non-hydrogen) atoms. The van der Waals surface area contributed by atoms with Crippen LogP contribution in [-0.4, -0.2) is 4.92 Å². The lowest BCUT2D eigenvalue weighted by Crippen LogP contribution is -2.10. The van der Waals surface area contributed by atoms with E-state index in [0.29, 0.717) is 16.8 Å². The molecular formula is C20H17N3O2. The number of hydrogen-bond donors (Lipinski definition) is 2. The summed E-state index contributed by atoms with van der Waals surface area (Å²) >= 11 is 0. The van der Waals surface area contributed by atoms with Gasteiger partial charge < -0.3 is 11.5 Å². The number of nitrogens with zero attached hydrogens (tertiary/aromatic N) is 1. The Hall–Kier alpha value is -3.60. The summed E-state index contributed by atoms with van der Waals surface area (Å²) < 4.78 is 0. The van der Waals surface area contributed by atoms with Crippen LogP contribution in [0.15, 0.2) is 78.9 Å². The highest BCUT2D eigenvalue weighted by Crippen LogP contribution is 2.36. The predicted molar refractivity (Wildman–Crippen MR) is 100 cm³/mol. The van der Waals surface area contributed by atoms with Crippen molar-refractivity contribution >= 4 is 17.1 Å². The standard InChI is InChI=1S/C20H17N3O2/c21-18(15-10-5-2-6-11-15)19(22)17-13-7-12-16(20(17)23(24)25)14-8-3-1-4-9-14/h1-13H,21-22H2. The second kappa shape index (κ2) is 6.88. The van der Waals surface area contributed by atoms with Gasteiger partial charge in [0.05, 0.1) is 27.4 Å². The van der Waals surface area contributed by atoms with Gasteiger partial charge in [-0.25, -0.2) is 0 Å². The average Bonchev–Trinajstić information content (AvgIpc) is 2.67. The third-order valence-corrected chi connectivity index (χ3v) is 3.97. The van der Waals surface area contributed by atoms with E-state index < -0.39 is 4.92 Å². The number of rotatable bonds is 4. The Morgan fingerprint density at radius 3 is 1.96 bits per heavy atom. The summed E-state index contributed by atoms with van der Waals surface area (Å²) in [7, 11) is 0. The van der Waals surface area contributed by atoms with Crippen LogP contribution in [-0.2, 0) is 0 Å². The Bertz CT molecular complexity index is 936. The zero-order chi connectivity index (χ0) is 17.8. The van der Waals surface area contributed by atoms with Crippen LogP contribution in [0.5, 0.6) is 0 Å². The number of benzene rings is 3. The highest BCUT2D eigenvalue weighted by Gasteiger charge is 2.23. The fraction of sp³-hybridized carbons (Fsp3) is 0. The minimum atomic E-state index is -0.414. The molecule has 0 saturated heterocycles. The predicted octanol–water partition coefficient (Wildman–Crippen LogP) is 4.01. The third-order valence-electron chi connectivity index (χ3n) is 3.97. The molecular weight excluding hydrogens is 314 g/mol. The van der Waals surface area contributed by atoms with E-state index in [9.17, 15) is 10.1 Å². The lowest BCUT2D eigenvalue weighted by molar-refractivity contribution is -0.384. The molecule has 0 amide bonds. The summed E-state index contributed by atoms with van der Waals surface area (Å²) in [5, 5.41) is 11.8. The van der Waals surface area contributed by atoms with Gasteiger partial charge in [0.25, 0.3) is 5.69 Å². The van der Waals surface area contributed by atoms with E-state index in [1.165, 1.54) is 0 Å². The third kappa shape index (κ3) is 3.21. The second-order valence-electron chi connectivity index (χ2n) is 5.52. The molecule has 0 aliphatic heterocycles. The van der Waals surface area contributed by atoms with Crippen molar-refractivity contribution in [2.24, 2.45) is 11.5 Å². The molecule has 0 aromatic heterocycles. The topological polar surface area (TPSA) is 95.2 Å². The minimum Gasteiger partial charge on any atom is -0.397 e. The SMILES string of the molecule is NC(=C(N)c1cccc(-c2ccccc2)c1[N+](=O)[O-])c1ccccc1. The summed E-state index contributed by atoms with van der Waals surface area (Å²) in [6, 6.07) is 23.4. The lowest BCUT2D eigenvalue weighted by Gasteiger charge is -2.11. The van der Waals surface area contributed by atoms with Gasteiger partial charge in [-0.2, -0.15) is 0 Å². The van der Waals surface area contributed by atoms with Crippen molar-refractivity contribution in [1.29, 1.82) is 0 Å². The molecule has 124 valence electrons.